The van der Waals surface area contributed by atoms with Crippen molar-refractivity contribution in [3.05, 3.63) is 48.0 Å². The lowest BCUT2D eigenvalue weighted by molar-refractivity contribution is -0.138. The van der Waals surface area contributed by atoms with Gasteiger partial charge in [-0.3, -0.25) is 0 Å². The molecule has 2 atom stereocenters. The van der Waals surface area contributed by atoms with Gasteiger partial charge in [0.1, 0.15) is 6.10 Å². The van der Waals surface area contributed by atoms with Gasteiger partial charge in [0, 0.05) is 5.56 Å². The van der Waals surface area contributed by atoms with Crippen molar-refractivity contribution in [3.63, 3.8) is 0 Å². The van der Waals surface area contributed by atoms with Crippen LogP contribution in [0.3, 0.4) is 0 Å². The minimum Gasteiger partial charge on any atom is -0.372 e. The number of allylic oxidation sites excluding steroid dienone is 1. The van der Waals surface area contributed by atoms with E-state index in [1.807, 2.05) is 6.08 Å². The van der Waals surface area contributed by atoms with Crippen molar-refractivity contribution in [2.45, 2.75) is 64.1 Å². The van der Waals surface area contributed by atoms with Crippen LogP contribution in [0.4, 0.5) is 0 Å². The third-order valence-corrected chi connectivity index (χ3v) is 5.86. The van der Waals surface area contributed by atoms with E-state index < -0.39 is 0 Å². The van der Waals surface area contributed by atoms with Crippen LogP contribution in [0.5, 0.6) is 0 Å². The smallest absolute Gasteiger partial charge is 0.141 e. The summed E-state index contributed by atoms with van der Waals surface area (Å²) in [6.45, 7) is 7.29. The van der Waals surface area contributed by atoms with Crippen molar-refractivity contribution in [2.75, 3.05) is 13.2 Å². The Morgan fingerprint density at radius 2 is 1.85 bits per heavy atom. The van der Waals surface area contributed by atoms with E-state index >= 15 is 0 Å². The van der Waals surface area contributed by atoms with Crippen LogP contribution in [0.1, 0.15) is 56.6 Å². The number of aryl methyl sites for hydroxylation is 1. The molecule has 2 nitrogen and oxygen atoms in total. The van der Waals surface area contributed by atoms with Crippen molar-refractivity contribution in [3.8, 4) is 11.8 Å². The Labute approximate surface area is 159 Å². The number of hydrogen-bond donors (Lipinski definition) is 0. The van der Waals surface area contributed by atoms with Crippen LogP contribution in [-0.2, 0) is 15.9 Å². The summed E-state index contributed by atoms with van der Waals surface area (Å²) in [5.74, 6) is 7.98. The van der Waals surface area contributed by atoms with E-state index in [2.05, 4.69) is 49.6 Å². The fraction of sp³-hybridized carbons (Fsp3) is 0.583. The Morgan fingerprint density at radius 3 is 2.46 bits per heavy atom. The van der Waals surface area contributed by atoms with E-state index in [0.717, 1.165) is 24.3 Å². The van der Waals surface area contributed by atoms with Crippen LogP contribution >= 0.6 is 0 Å². The first kappa shape index (κ1) is 19.2. The number of hydrogen-bond acceptors (Lipinski definition) is 2. The van der Waals surface area contributed by atoms with Crippen LogP contribution in [0, 0.1) is 23.7 Å². The quantitative estimate of drug-likeness (QED) is 0.538. The fourth-order valence-corrected chi connectivity index (χ4v) is 4.06. The number of ether oxygens (including phenoxy) is 2. The van der Waals surface area contributed by atoms with Crippen molar-refractivity contribution in [2.24, 2.45) is 11.8 Å². The third kappa shape index (κ3) is 5.47. The molecule has 2 aliphatic rings. The molecule has 1 aromatic carbocycles. The Kier molecular flexibility index (Phi) is 7.35. The molecule has 1 saturated heterocycles. The maximum absolute atomic E-state index is 6.13. The van der Waals surface area contributed by atoms with E-state index in [1.165, 1.54) is 37.7 Å². The molecule has 26 heavy (non-hydrogen) atoms. The zero-order chi connectivity index (χ0) is 18.2. The summed E-state index contributed by atoms with van der Waals surface area (Å²) in [5, 5.41) is 0. The zero-order valence-electron chi connectivity index (χ0n) is 16.1. The maximum Gasteiger partial charge on any atom is 0.141 e. The summed E-state index contributed by atoms with van der Waals surface area (Å²) in [7, 11) is 0. The molecule has 1 heterocycles. The van der Waals surface area contributed by atoms with Gasteiger partial charge in [0.25, 0.3) is 0 Å². The molecule has 2 heteroatoms. The van der Waals surface area contributed by atoms with Crippen molar-refractivity contribution >= 4 is 0 Å². The molecular formula is C24H32O2. The number of benzene rings is 1. The molecule has 0 aromatic heterocycles. The molecule has 0 amide bonds. The standard InChI is InChI=1S/C24H32O2/c1-3-5-6-20-11-14-22(15-12-20)24-18-25-23(17-26-24)16-13-21-9-7-19(4-2)8-10-21/h3,7-10,20,22-24H,1,4-6,11-12,14-15,17-18H2,2H3/t20?,22?,23-,24-/m0/s1. The second kappa shape index (κ2) is 9.95. The van der Waals surface area contributed by atoms with Gasteiger partial charge in [-0.15, -0.1) is 6.58 Å². The van der Waals surface area contributed by atoms with E-state index in [-0.39, 0.29) is 12.2 Å². The summed E-state index contributed by atoms with van der Waals surface area (Å²) in [4.78, 5) is 0. The highest BCUT2D eigenvalue weighted by molar-refractivity contribution is 5.36. The normalized spacial score (nSPS) is 28.8. The van der Waals surface area contributed by atoms with Crippen LogP contribution in [0.25, 0.3) is 0 Å². The molecular weight excluding hydrogens is 320 g/mol. The average Bonchev–Trinajstić information content (AvgIpc) is 2.72. The second-order valence-electron chi connectivity index (χ2n) is 7.66. The number of rotatable bonds is 5. The molecule has 1 aliphatic heterocycles. The summed E-state index contributed by atoms with van der Waals surface area (Å²) < 4.78 is 12.1. The van der Waals surface area contributed by atoms with Crippen LogP contribution < -0.4 is 0 Å². The van der Waals surface area contributed by atoms with Gasteiger partial charge in [-0.2, -0.15) is 0 Å². The van der Waals surface area contributed by atoms with Crippen molar-refractivity contribution in [1.82, 2.24) is 0 Å². The maximum atomic E-state index is 6.13. The zero-order valence-corrected chi connectivity index (χ0v) is 16.1. The lowest BCUT2D eigenvalue weighted by atomic mass is 9.77. The lowest BCUT2D eigenvalue weighted by Crippen LogP contribution is -2.40. The highest BCUT2D eigenvalue weighted by Gasteiger charge is 2.31. The van der Waals surface area contributed by atoms with Crippen LogP contribution in [0.2, 0.25) is 0 Å². The van der Waals surface area contributed by atoms with Gasteiger partial charge >= 0.3 is 0 Å². The molecule has 1 saturated carbocycles. The van der Waals surface area contributed by atoms with E-state index in [9.17, 15) is 0 Å². The van der Waals surface area contributed by atoms with Gasteiger partial charge in [0.15, 0.2) is 0 Å². The first-order chi connectivity index (χ1) is 12.8. The Morgan fingerprint density at radius 1 is 1.08 bits per heavy atom. The average molecular weight is 353 g/mol. The highest BCUT2D eigenvalue weighted by atomic mass is 16.6. The van der Waals surface area contributed by atoms with Gasteiger partial charge in [-0.05, 0) is 61.6 Å². The largest absolute Gasteiger partial charge is 0.372 e. The summed E-state index contributed by atoms with van der Waals surface area (Å²) in [6.07, 6.45) is 10.9. The molecule has 2 fully saturated rings. The van der Waals surface area contributed by atoms with Crippen molar-refractivity contribution in [1.29, 1.82) is 0 Å². The van der Waals surface area contributed by atoms with Gasteiger partial charge in [-0.1, -0.05) is 49.8 Å². The van der Waals surface area contributed by atoms with Crippen LogP contribution in [-0.4, -0.2) is 25.4 Å². The fourth-order valence-electron chi connectivity index (χ4n) is 4.06. The van der Waals surface area contributed by atoms with E-state index in [1.54, 1.807) is 0 Å². The first-order valence-corrected chi connectivity index (χ1v) is 10.2. The first-order valence-electron chi connectivity index (χ1n) is 10.2. The topological polar surface area (TPSA) is 18.5 Å². The van der Waals surface area contributed by atoms with Crippen LogP contribution in [0.15, 0.2) is 36.9 Å². The molecule has 0 unspecified atom stereocenters. The minimum atomic E-state index is -0.0963. The molecule has 0 N–H and O–H groups in total. The molecule has 0 spiro atoms. The predicted octanol–water partition coefficient (Wildman–Crippen LogP) is 5.16. The molecule has 3 rings (SSSR count). The molecule has 0 radical (unpaired) electrons. The molecule has 140 valence electrons. The molecule has 1 aromatic rings. The minimum absolute atomic E-state index is 0.0963. The summed E-state index contributed by atoms with van der Waals surface area (Å²) in [6, 6.07) is 8.46. The highest BCUT2D eigenvalue weighted by Crippen LogP contribution is 2.35. The van der Waals surface area contributed by atoms with Gasteiger partial charge in [0.2, 0.25) is 0 Å². The van der Waals surface area contributed by atoms with Crippen molar-refractivity contribution < 1.29 is 9.47 Å². The lowest BCUT2D eigenvalue weighted by Gasteiger charge is -2.36. The van der Waals surface area contributed by atoms with Gasteiger partial charge in [-0.25, -0.2) is 0 Å². The predicted molar refractivity (Wildman–Crippen MR) is 107 cm³/mol. The van der Waals surface area contributed by atoms with E-state index in [0.29, 0.717) is 19.1 Å². The summed E-state index contributed by atoms with van der Waals surface area (Å²) in [5.41, 5.74) is 2.39. The monoisotopic (exact) mass is 352 g/mol. The summed E-state index contributed by atoms with van der Waals surface area (Å²) >= 11 is 0. The van der Waals surface area contributed by atoms with E-state index in [4.69, 9.17) is 9.47 Å². The SMILES string of the molecule is C=CCCC1CCC([C@@H]2CO[C@@H](C#Cc3ccc(CC)cc3)CO2)CC1. The Hall–Kier alpha value is -1.56. The molecule has 1 aliphatic carbocycles. The van der Waals surface area contributed by atoms with Gasteiger partial charge in [0.05, 0.1) is 19.3 Å². The van der Waals surface area contributed by atoms with Gasteiger partial charge < -0.3 is 9.47 Å². The Balaban J connectivity index is 1.42. The third-order valence-electron chi connectivity index (χ3n) is 5.86. The molecule has 0 bridgehead atoms. The second-order valence-corrected chi connectivity index (χ2v) is 7.66. The Bertz CT molecular complexity index is 606.